The number of benzene rings is 1. The third-order valence-electron chi connectivity index (χ3n) is 4.29. The van der Waals surface area contributed by atoms with Crippen molar-refractivity contribution < 1.29 is 17.6 Å². The number of rotatable bonds is 5. The van der Waals surface area contributed by atoms with Crippen molar-refractivity contribution in [1.82, 2.24) is 8.96 Å². The smallest absolute Gasteiger partial charge is 0.269 e. The Balaban J connectivity index is 0.00000240. The molecule has 150 valence electrons. The molecule has 0 radical (unpaired) electrons. The predicted molar refractivity (Wildman–Crippen MR) is 112 cm³/mol. The molecule has 9 heteroatoms. The summed E-state index contributed by atoms with van der Waals surface area (Å²) in [7, 11) is -3.84. The standard InChI is InChI=1S/C20H17N3O4S.ClH/c1-2-27-19(21)15-10-17-18(14-8-9-26-13-14)12-23(20(17)22-11-15)28(24,25)16-6-4-3-5-7-16;/h3-13,21H,2H2,1H3;1H. The zero-order valence-electron chi connectivity index (χ0n) is 15.4. The lowest BCUT2D eigenvalue weighted by Gasteiger charge is -2.08. The zero-order valence-corrected chi connectivity index (χ0v) is 17.0. The third-order valence-corrected chi connectivity index (χ3v) is 5.96. The van der Waals surface area contributed by atoms with Gasteiger partial charge in [0, 0.05) is 28.9 Å². The molecule has 0 aliphatic heterocycles. The number of fused-ring (bicyclic) bond motifs is 1. The van der Waals surface area contributed by atoms with Gasteiger partial charge in [0.05, 0.1) is 29.6 Å². The quantitative estimate of drug-likeness (QED) is 0.375. The van der Waals surface area contributed by atoms with E-state index in [1.165, 1.54) is 37.1 Å². The fraction of sp³-hybridized carbons (Fsp3) is 0.100. The van der Waals surface area contributed by atoms with Crippen molar-refractivity contribution in [3.63, 3.8) is 0 Å². The average Bonchev–Trinajstić information content (AvgIpc) is 3.36. The number of hydrogen-bond donors (Lipinski definition) is 1. The molecule has 4 rings (SSSR count). The maximum Gasteiger partial charge on any atom is 0.269 e. The summed E-state index contributed by atoms with van der Waals surface area (Å²) in [4.78, 5) is 4.50. The van der Waals surface area contributed by atoms with Gasteiger partial charge < -0.3 is 9.15 Å². The fourth-order valence-electron chi connectivity index (χ4n) is 2.97. The van der Waals surface area contributed by atoms with Gasteiger partial charge in [-0.2, -0.15) is 0 Å². The van der Waals surface area contributed by atoms with Crippen LogP contribution < -0.4 is 0 Å². The molecule has 0 spiro atoms. The topological polar surface area (TPSA) is 98.2 Å². The van der Waals surface area contributed by atoms with E-state index in [4.69, 9.17) is 14.6 Å². The van der Waals surface area contributed by atoms with Crippen LogP contribution in [0.25, 0.3) is 22.2 Å². The summed E-state index contributed by atoms with van der Waals surface area (Å²) >= 11 is 0. The van der Waals surface area contributed by atoms with Crippen LogP contribution in [-0.2, 0) is 14.8 Å². The molecule has 1 aromatic carbocycles. The number of pyridine rings is 1. The molecule has 0 unspecified atom stereocenters. The second-order valence-corrected chi connectivity index (χ2v) is 7.84. The number of furan rings is 1. The molecule has 0 fully saturated rings. The number of aromatic nitrogens is 2. The summed E-state index contributed by atoms with van der Waals surface area (Å²) in [6.45, 7) is 2.15. The Hall–Kier alpha value is -3.10. The van der Waals surface area contributed by atoms with Crippen LogP contribution in [0.2, 0.25) is 0 Å². The highest BCUT2D eigenvalue weighted by atomic mass is 35.5. The van der Waals surface area contributed by atoms with E-state index in [-0.39, 0.29) is 28.8 Å². The van der Waals surface area contributed by atoms with Crippen LogP contribution in [0.3, 0.4) is 0 Å². The van der Waals surface area contributed by atoms with Crippen molar-refractivity contribution in [2.75, 3.05) is 6.61 Å². The number of halogens is 1. The van der Waals surface area contributed by atoms with Crippen LogP contribution in [0.5, 0.6) is 0 Å². The van der Waals surface area contributed by atoms with E-state index in [1.807, 2.05) is 0 Å². The molecule has 3 aromatic heterocycles. The van der Waals surface area contributed by atoms with Gasteiger partial charge in [-0.05, 0) is 31.2 Å². The lowest BCUT2D eigenvalue weighted by Crippen LogP contribution is -2.12. The van der Waals surface area contributed by atoms with E-state index >= 15 is 0 Å². The van der Waals surface area contributed by atoms with Crippen molar-refractivity contribution in [1.29, 1.82) is 5.41 Å². The molecule has 0 saturated carbocycles. The highest BCUT2D eigenvalue weighted by molar-refractivity contribution is 7.90. The van der Waals surface area contributed by atoms with Gasteiger partial charge in [0.15, 0.2) is 5.65 Å². The average molecular weight is 432 g/mol. The minimum absolute atomic E-state index is 0. The van der Waals surface area contributed by atoms with Gasteiger partial charge >= 0.3 is 0 Å². The Morgan fingerprint density at radius 1 is 1.24 bits per heavy atom. The van der Waals surface area contributed by atoms with E-state index in [9.17, 15) is 8.42 Å². The van der Waals surface area contributed by atoms with Crippen LogP contribution >= 0.6 is 12.4 Å². The summed E-state index contributed by atoms with van der Waals surface area (Å²) in [6.07, 6.45) is 6.02. The molecule has 4 aromatic rings. The van der Waals surface area contributed by atoms with E-state index in [1.54, 1.807) is 37.3 Å². The van der Waals surface area contributed by atoms with Gasteiger partial charge in [-0.25, -0.2) is 17.4 Å². The lowest BCUT2D eigenvalue weighted by atomic mass is 10.1. The van der Waals surface area contributed by atoms with Crippen LogP contribution in [0.15, 0.2) is 76.7 Å². The Morgan fingerprint density at radius 2 is 2.00 bits per heavy atom. The van der Waals surface area contributed by atoms with Gasteiger partial charge in [-0.1, -0.05) is 18.2 Å². The lowest BCUT2D eigenvalue weighted by molar-refractivity contribution is 0.325. The SMILES string of the molecule is CCOC(=N)c1cnc2c(c1)c(-c1ccoc1)cn2S(=O)(=O)c1ccccc1.Cl. The zero-order chi connectivity index (χ0) is 19.7. The summed E-state index contributed by atoms with van der Waals surface area (Å²) in [5.41, 5.74) is 2.10. The first-order chi connectivity index (χ1) is 13.5. The van der Waals surface area contributed by atoms with E-state index < -0.39 is 10.0 Å². The predicted octanol–water partition coefficient (Wildman–Crippen LogP) is 4.32. The fourth-order valence-corrected chi connectivity index (χ4v) is 4.31. The molecule has 0 saturated heterocycles. The molecule has 0 bridgehead atoms. The van der Waals surface area contributed by atoms with E-state index in [0.29, 0.717) is 28.7 Å². The first kappa shape index (κ1) is 20.6. The van der Waals surface area contributed by atoms with Gasteiger partial charge in [0.1, 0.15) is 0 Å². The number of ether oxygens (including phenoxy) is 1. The molecule has 7 nitrogen and oxygen atoms in total. The van der Waals surface area contributed by atoms with Crippen LogP contribution in [0, 0.1) is 5.41 Å². The number of hydrogen-bond acceptors (Lipinski definition) is 6. The molecule has 0 atom stereocenters. The molecule has 0 amide bonds. The Labute approximate surface area is 173 Å². The summed E-state index contributed by atoms with van der Waals surface area (Å²) in [5, 5.41) is 8.59. The second kappa shape index (κ2) is 8.10. The summed E-state index contributed by atoms with van der Waals surface area (Å²) < 4.78 is 37.9. The molecule has 3 heterocycles. The minimum atomic E-state index is -3.84. The van der Waals surface area contributed by atoms with Gasteiger partial charge in [0.25, 0.3) is 10.0 Å². The summed E-state index contributed by atoms with van der Waals surface area (Å²) in [6, 6.07) is 11.6. The third kappa shape index (κ3) is 3.64. The van der Waals surface area contributed by atoms with Crippen LogP contribution in [0.4, 0.5) is 0 Å². The first-order valence-electron chi connectivity index (χ1n) is 8.58. The van der Waals surface area contributed by atoms with Crippen LogP contribution in [0.1, 0.15) is 12.5 Å². The maximum atomic E-state index is 13.2. The highest BCUT2D eigenvalue weighted by Gasteiger charge is 2.23. The first-order valence-corrected chi connectivity index (χ1v) is 10.0. The molecule has 0 aliphatic rings. The largest absolute Gasteiger partial charge is 0.478 e. The highest BCUT2D eigenvalue weighted by Crippen LogP contribution is 2.33. The van der Waals surface area contributed by atoms with Crippen molar-refractivity contribution in [2.45, 2.75) is 11.8 Å². The molecule has 0 aliphatic carbocycles. The van der Waals surface area contributed by atoms with E-state index in [0.717, 1.165) is 3.97 Å². The Morgan fingerprint density at radius 3 is 2.66 bits per heavy atom. The van der Waals surface area contributed by atoms with Gasteiger partial charge in [-0.3, -0.25) is 5.41 Å². The van der Waals surface area contributed by atoms with Crippen molar-refractivity contribution >= 4 is 39.4 Å². The summed E-state index contributed by atoms with van der Waals surface area (Å²) in [5.74, 6) is -0.0197. The maximum absolute atomic E-state index is 13.2. The van der Waals surface area contributed by atoms with Gasteiger partial charge in [-0.15, -0.1) is 12.4 Å². The van der Waals surface area contributed by atoms with Crippen molar-refractivity contribution in [3.05, 3.63) is 72.9 Å². The monoisotopic (exact) mass is 431 g/mol. The van der Waals surface area contributed by atoms with Crippen molar-refractivity contribution in [3.8, 4) is 11.1 Å². The van der Waals surface area contributed by atoms with E-state index in [2.05, 4.69) is 4.98 Å². The minimum Gasteiger partial charge on any atom is -0.478 e. The second-order valence-electron chi connectivity index (χ2n) is 6.03. The molecule has 29 heavy (non-hydrogen) atoms. The number of nitrogens with zero attached hydrogens (tertiary/aromatic N) is 2. The van der Waals surface area contributed by atoms with Crippen LogP contribution in [-0.4, -0.2) is 29.9 Å². The van der Waals surface area contributed by atoms with Gasteiger partial charge in [0.2, 0.25) is 5.90 Å². The molecular formula is C20H18ClN3O4S. The molecular weight excluding hydrogens is 414 g/mol. The Kier molecular flexibility index (Phi) is 5.76. The van der Waals surface area contributed by atoms with Crippen molar-refractivity contribution in [2.24, 2.45) is 0 Å². The molecule has 1 N–H and O–H groups in total. The number of nitrogens with one attached hydrogen (secondary N) is 1. The Bertz CT molecular complexity index is 1250. The normalized spacial score (nSPS) is 11.2.